The Kier molecular flexibility index (Phi) is 7.42. The second-order valence-corrected chi connectivity index (χ2v) is 8.43. The smallest absolute Gasteiger partial charge is 0.230 e. The summed E-state index contributed by atoms with van der Waals surface area (Å²) in [5.74, 6) is 1.72. The van der Waals surface area contributed by atoms with E-state index in [1.165, 1.54) is 17.3 Å². The van der Waals surface area contributed by atoms with Crippen LogP contribution in [0.5, 0.6) is 5.75 Å². The minimum Gasteiger partial charge on any atom is -0.494 e. The van der Waals surface area contributed by atoms with Gasteiger partial charge in [-0.1, -0.05) is 71.9 Å². The van der Waals surface area contributed by atoms with Crippen LogP contribution < -0.4 is 10.1 Å². The van der Waals surface area contributed by atoms with Gasteiger partial charge in [-0.2, -0.15) is 0 Å². The van der Waals surface area contributed by atoms with E-state index in [1.54, 1.807) is 0 Å². The largest absolute Gasteiger partial charge is 0.494 e. The highest BCUT2D eigenvalue weighted by Crippen LogP contribution is 2.28. The summed E-state index contributed by atoms with van der Waals surface area (Å²) in [6.45, 7) is 5.11. The van der Waals surface area contributed by atoms with Crippen LogP contribution in [0.3, 0.4) is 0 Å². The summed E-state index contributed by atoms with van der Waals surface area (Å²) in [6, 6.07) is 25.8. The SMILES string of the molecule is CCOc1ccc(-n2c(SCC(=O)NCc3ccc(C)cc3)nnc2-c2ccccc2)cc1. The Bertz CT molecular complexity index is 1190. The van der Waals surface area contributed by atoms with Crippen LogP contribution in [0, 0.1) is 6.92 Å². The number of nitrogens with zero attached hydrogens (tertiary/aromatic N) is 3. The van der Waals surface area contributed by atoms with Gasteiger partial charge in [-0.25, -0.2) is 0 Å². The molecule has 0 fully saturated rings. The monoisotopic (exact) mass is 458 g/mol. The van der Waals surface area contributed by atoms with E-state index in [4.69, 9.17) is 4.74 Å². The van der Waals surface area contributed by atoms with Gasteiger partial charge in [0.25, 0.3) is 0 Å². The summed E-state index contributed by atoms with van der Waals surface area (Å²) < 4.78 is 7.55. The number of thioether (sulfide) groups is 1. The van der Waals surface area contributed by atoms with Crippen LogP contribution in [0.15, 0.2) is 84.0 Å². The molecule has 6 nitrogen and oxygen atoms in total. The standard InChI is InChI=1S/C26H26N4O2S/c1-3-32-23-15-13-22(14-16-23)30-25(21-7-5-4-6-8-21)28-29-26(30)33-18-24(31)27-17-20-11-9-19(2)10-12-20/h4-16H,3,17-18H2,1-2H3,(H,27,31). The van der Waals surface area contributed by atoms with Crippen molar-refractivity contribution in [1.82, 2.24) is 20.1 Å². The molecule has 0 aliphatic heterocycles. The summed E-state index contributed by atoms with van der Waals surface area (Å²) in [7, 11) is 0. The number of carbonyl (C=O) groups is 1. The van der Waals surface area contributed by atoms with Crippen molar-refractivity contribution in [1.29, 1.82) is 0 Å². The molecule has 0 saturated heterocycles. The Morgan fingerprint density at radius 3 is 2.39 bits per heavy atom. The van der Waals surface area contributed by atoms with Crippen molar-refractivity contribution < 1.29 is 9.53 Å². The second-order valence-electron chi connectivity index (χ2n) is 7.49. The van der Waals surface area contributed by atoms with Crippen LogP contribution in [0.1, 0.15) is 18.1 Å². The number of rotatable bonds is 9. The van der Waals surface area contributed by atoms with Crippen LogP contribution in [0.25, 0.3) is 17.1 Å². The highest BCUT2D eigenvalue weighted by Gasteiger charge is 2.17. The number of benzene rings is 3. The molecule has 0 aliphatic rings. The maximum atomic E-state index is 12.5. The number of hydrogen-bond acceptors (Lipinski definition) is 5. The van der Waals surface area contributed by atoms with Crippen molar-refractivity contribution in [2.75, 3.05) is 12.4 Å². The maximum absolute atomic E-state index is 12.5. The minimum absolute atomic E-state index is 0.0527. The van der Waals surface area contributed by atoms with Crippen molar-refractivity contribution >= 4 is 17.7 Å². The Labute approximate surface area is 198 Å². The molecule has 4 aromatic rings. The van der Waals surface area contributed by atoms with Gasteiger partial charge < -0.3 is 10.1 Å². The van der Waals surface area contributed by atoms with E-state index in [0.717, 1.165) is 28.4 Å². The molecule has 1 N–H and O–H groups in total. The predicted octanol–water partition coefficient (Wildman–Crippen LogP) is 5.05. The fourth-order valence-corrected chi connectivity index (χ4v) is 4.10. The molecule has 168 valence electrons. The Morgan fingerprint density at radius 2 is 1.70 bits per heavy atom. The average molecular weight is 459 g/mol. The molecular formula is C26H26N4O2S. The Morgan fingerprint density at radius 1 is 0.970 bits per heavy atom. The number of aromatic nitrogens is 3. The van der Waals surface area contributed by atoms with Crippen molar-refractivity contribution in [3.8, 4) is 22.8 Å². The molecule has 3 aromatic carbocycles. The molecule has 7 heteroatoms. The second kappa shape index (κ2) is 10.8. The first-order valence-electron chi connectivity index (χ1n) is 10.8. The van der Waals surface area contributed by atoms with E-state index in [1.807, 2.05) is 97.3 Å². The van der Waals surface area contributed by atoms with E-state index in [0.29, 0.717) is 18.3 Å². The molecule has 1 amide bonds. The van der Waals surface area contributed by atoms with E-state index in [9.17, 15) is 4.79 Å². The lowest BCUT2D eigenvalue weighted by Crippen LogP contribution is -2.24. The van der Waals surface area contributed by atoms with E-state index < -0.39 is 0 Å². The number of carbonyl (C=O) groups excluding carboxylic acids is 1. The quantitative estimate of drug-likeness (QED) is 0.356. The summed E-state index contributed by atoms with van der Waals surface area (Å²) in [5.41, 5.74) is 4.13. The van der Waals surface area contributed by atoms with Crippen molar-refractivity contribution in [3.63, 3.8) is 0 Å². The van der Waals surface area contributed by atoms with Crippen molar-refractivity contribution in [2.24, 2.45) is 0 Å². The fourth-order valence-electron chi connectivity index (χ4n) is 3.32. The van der Waals surface area contributed by atoms with Gasteiger partial charge >= 0.3 is 0 Å². The molecule has 0 saturated carbocycles. The number of ether oxygens (including phenoxy) is 1. The highest BCUT2D eigenvalue weighted by molar-refractivity contribution is 7.99. The summed E-state index contributed by atoms with van der Waals surface area (Å²) >= 11 is 1.36. The lowest BCUT2D eigenvalue weighted by molar-refractivity contribution is -0.118. The molecule has 0 unspecified atom stereocenters. The average Bonchev–Trinajstić information content (AvgIpc) is 3.27. The minimum atomic E-state index is -0.0527. The third kappa shape index (κ3) is 5.81. The zero-order valence-electron chi connectivity index (χ0n) is 18.7. The first kappa shape index (κ1) is 22.6. The lowest BCUT2D eigenvalue weighted by Gasteiger charge is -2.11. The number of nitrogens with one attached hydrogen (secondary N) is 1. The first-order valence-corrected chi connectivity index (χ1v) is 11.8. The van der Waals surface area contributed by atoms with Crippen LogP contribution in [0.4, 0.5) is 0 Å². The zero-order valence-corrected chi connectivity index (χ0v) is 19.5. The van der Waals surface area contributed by atoms with E-state index in [2.05, 4.69) is 15.5 Å². The predicted molar refractivity (Wildman–Crippen MR) is 132 cm³/mol. The maximum Gasteiger partial charge on any atom is 0.230 e. The first-order chi connectivity index (χ1) is 16.1. The molecular weight excluding hydrogens is 432 g/mol. The Balaban J connectivity index is 1.51. The number of aryl methyl sites for hydroxylation is 1. The van der Waals surface area contributed by atoms with E-state index in [-0.39, 0.29) is 11.7 Å². The molecule has 0 bridgehead atoms. The highest BCUT2D eigenvalue weighted by atomic mass is 32.2. The third-order valence-corrected chi connectivity index (χ3v) is 5.94. The number of amides is 1. The molecule has 1 aromatic heterocycles. The van der Waals surface area contributed by atoms with Gasteiger partial charge in [0.2, 0.25) is 5.91 Å². The van der Waals surface area contributed by atoms with Gasteiger partial charge in [0.1, 0.15) is 5.75 Å². The van der Waals surface area contributed by atoms with Crippen LogP contribution >= 0.6 is 11.8 Å². The van der Waals surface area contributed by atoms with Crippen LogP contribution in [0.2, 0.25) is 0 Å². The lowest BCUT2D eigenvalue weighted by atomic mass is 10.1. The van der Waals surface area contributed by atoms with E-state index >= 15 is 0 Å². The summed E-state index contributed by atoms with van der Waals surface area (Å²) in [5, 5.41) is 12.5. The molecule has 1 heterocycles. The van der Waals surface area contributed by atoms with Crippen LogP contribution in [-0.2, 0) is 11.3 Å². The zero-order chi connectivity index (χ0) is 23.0. The van der Waals surface area contributed by atoms with Gasteiger partial charge in [-0.3, -0.25) is 9.36 Å². The molecule has 0 aliphatic carbocycles. The van der Waals surface area contributed by atoms with Crippen LogP contribution in [-0.4, -0.2) is 33.0 Å². The van der Waals surface area contributed by atoms with Crippen molar-refractivity contribution in [3.05, 3.63) is 90.0 Å². The fraction of sp³-hybridized carbons (Fsp3) is 0.192. The summed E-state index contributed by atoms with van der Waals surface area (Å²) in [6.07, 6.45) is 0. The van der Waals surface area contributed by atoms with Crippen molar-refractivity contribution in [2.45, 2.75) is 25.5 Å². The normalized spacial score (nSPS) is 10.7. The van der Waals surface area contributed by atoms with Gasteiger partial charge in [-0.05, 0) is 43.7 Å². The molecule has 0 spiro atoms. The molecule has 4 rings (SSSR count). The van der Waals surface area contributed by atoms with Gasteiger partial charge in [0.05, 0.1) is 12.4 Å². The number of hydrogen-bond donors (Lipinski definition) is 1. The molecule has 0 radical (unpaired) electrons. The van der Waals surface area contributed by atoms with Gasteiger partial charge in [0.15, 0.2) is 11.0 Å². The third-order valence-electron chi connectivity index (χ3n) is 5.01. The Hall–Kier alpha value is -3.58. The van der Waals surface area contributed by atoms with Gasteiger partial charge in [0, 0.05) is 17.8 Å². The van der Waals surface area contributed by atoms with Gasteiger partial charge in [-0.15, -0.1) is 10.2 Å². The molecule has 33 heavy (non-hydrogen) atoms. The topological polar surface area (TPSA) is 69.0 Å². The summed E-state index contributed by atoms with van der Waals surface area (Å²) in [4.78, 5) is 12.5. The molecule has 0 atom stereocenters.